The van der Waals surface area contributed by atoms with Crippen molar-refractivity contribution in [1.29, 1.82) is 0 Å². The Bertz CT molecular complexity index is 571. The second-order valence-electron chi connectivity index (χ2n) is 4.97. The van der Waals surface area contributed by atoms with Gasteiger partial charge in [-0.15, -0.1) is 0 Å². The van der Waals surface area contributed by atoms with Crippen molar-refractivity contribution in [2.24, 2.45) is 0 Å². The van der Waals surface area contributed by atoms with Crippen LogP contribution >= 0.6 is 0 Å². The summed E-state index contributed by atoms with van der Waals surface area (Å²) in [6.07, 6.45) is 1.30. The van der Waals surface area contributed by atoms with Crippen LogP contribution in [-0.2, 0) is 21.3 Å². The quantitative estimate of drug-likeness (QED) is 0.732. The Labute approximate surface area is 125 Å². The van der Waals surface area contributed by atoms with Crippen LogP contribution in [0.3, 0.4) is 0 Å². The minimum atomic E-state index is -3.66. The third-order valence-electron chi connectivity index (χ3n) is 3.54. The molecule has 1 saturated heterocycles. The average molecular weight is 317 g/mol. The van der Waals surface area contributed by atoms with Crippen molar-refractivity contribution < 1.29 is 13.2 Å². The summed E-state index contributed by atoms with van der Waals surface area (Å²) in [6.45, 7) is 7.90. The van der Waals surface area contributed by atoms with Crippen molar-refractivity contribution >= 4 is 15.8 Å². The molecule has 1 unspecified atom stereocenters. The normalized spacial score (nSPS) is 20.8. The van der Waals surface area contributed by atoms with Crippen molar-refractivity contribution in [3.63, 3.8) is 0 Å². The summed E-state index contributed by atoms with van der Waals surface area (Å²) < 4.78 is 34.2. The SMILES string of the molecule is CCN1CCOC(CNS(=O)(=O)c2cn(CC)nc2N)C1. The number of sulfonamides is 1. The zero-order valence-electron chi connectivity index (χ0n) is 12.4. The van der Waals surface area contributed by atoms with Crippen LogP contribution in [0.25, 0.3) is 0 Å². The number of rotatable bonds is 6. The second kappa shape index (κ2) is 6.73. The summed E-state index contributed by atoms with van der Waals surface area (Å²) in [4.78, 5) is 2.25. The first-order chi connectivity index (χ1) is 9.96. The van der Waals surface area contributed by atoms with Gasteiger partial charge in [0.2, 0.25) is 10.0 Å². The van der Waals surface area contributed by atoms with Crippen LogP contribution < -0.4 is 10.5 Å². The lowest BCUT2D eigenvalue weighted by atomic mass is 10.3. The molecule has 0 saturated carbocycles. The molecule has 1 aromatic heterocycles. The highest BCUT2D eigenvalue weighted by molar-refractivity contribution is 7.89. The average Bonchev–Trinajstić information content (AvgIpc) is 2.87. The van der Waals surface area contributed by atoms with Gasteiger partial charge in [-0.25, -0.2) is 13.1 Å². The predicted octanol–water partition coefficient (Wildman–Crippen LogP) is -0.516. The van der Waals surface area contributed by atoms with Gasteiger partial charge in [0, 0.05) is 32.4 Å². The van der Waals surface area contributed by atoms with Crippen LogP contribution in [-0.4, -0.2) is 62.0 Å². The number of likely N-dealkylation sites (N-methyl/N-ethyl adjacent to an activating group) is 1. The third-order valence-corrected chi connectivity index (χ3v) is 4.98. The molecule has 0 bridgehead atoms. The van der Waals surface area contributed by atoms with Gasteiger partial charge in [-0.3, -0.25) is 9.58 Å². The van der Waals surface area contributed by atoms with E-state index in [-0.39, 0.29) is 23.4 Å². The highest BCUT2D eigenvalue weighted by Crippen LogP contribution is 2.16. The van der Waals surface area contributed by atoms with E-state index in [9.17, 15) is 8.42 Å². The summed E-state index contributed by atoms with van der Waals surface area (Å²) in [5.41, 5.74) is 5.66. The van der Waals surface area contributed by atoms with Gasteiger partial charge in [-0.2, -0.15) is 5.10 Å². The van der Waals surface area contributed by atoms with E-state index in [4.69, 9.17) is 10.5 Å². The van der Waals surface area contributed by atoms with Crippen molar-refractivity contribution in [2.45, 2.75) is 31.4 Å². The first-order valence-electron chi connectivity index (χ1n) is 7.12. The van der Waals surface area contributed by atoms with Gasteiger partial charge in [-0.05, 0) is 13.5 Å². The fraction of sp³-hybridized carbons (Fsp3) is 0.750. The van der Waals surface area contributed by atoms with E-state index in [2.05, 4.69) is 21.6 Å². The molecule has 0 aliphatic carbocycles. The third kappa shape index (κ3) is 3.94. The van der Waals surface area contributed by atoms with E-state index < -0.39 is 10.0 Å². The molecule has 1 aliphatic heterocycles. The zero-order chi connectivity index (χ0) is 15.5. The van der Waals surface area contributed by atoms with Crippen LogP contribution in [0.2, 0.25) is 0 Å². The van der Waals surface area contributed by atoms with E-state index in [1.165, 1.54) is 10.9 Å². The summed E-state index contributed by atoms with van der Waals surface area (Å²) in [5, 5.41) is 3.95. The maximum atomic E-state index is 12.3. The van der Waals surface area contributed by atoms with E-state index >= 15 is 0 Å². The van der Waals surface area contributed by atoms with Gasteiger partial charge in [0.05, 0.1) is 12.7 Å². The lowest BCUT2D eigenvalue weighted by Gasteiger charge is -2.32. The maximum absolute atomic E-state index is 12.3. The van der Waals surface area contributed by atoms with Crippen molar-refractivity contribution in [2.75, 3.05) is 38.5 Å². The summed E-state index contributed by atoms with van der Waals surface area (Å²) >= 11 is 0. The predicted molar refractivity (Wildman–Crippen MR) is 79.4 cm³/mol. The summed E-state index contributed by atoms with van der Waals surface area (Å²) in [7, 11) is -3.66. The number of hydrogen-bond acceptors (Lipinski definition) is 6. The number of nitrogen functional groups attached to an aromatic ring is 1. The Morgan fingerprint density at radius 1 is 1.48 bits per heavy atom. The van der Waals surface area contributed by atoms with E-state index in [0.717, 1.165) is 19.6 Å². The Morgan fingerprint density at radius 2 is 2.24 bits per heavy atom. The molecule has 21 heavy (non-hydrogen) atoms. The number of hydrogen-bond donors (Lipinski definition) is 2. The molecule has 0 amide bonds. The number of aryl methyl sites for hydroxylation is 1. The molecule has 3 N–H and O–H groups in total. The monoisotopic (exact) mass is 317 g/mol. The molecular weight excluding hydrogens is 294 g/mol. The first kappa shape index (κ1) is 16.2. The van der Waals surface area contributed by atoms with Gasteiger partial charge in [-0.1, -0.05) is 6.92 Å². The molecule has 1 fully saturated rings. The van der Waals surface area contributed by atoms with Crippen LogP contribution in [0.1, 0.15) is 13.8 Å². The highest BCUT2D eigenvalue weighted by atomic mass is 32.2. The lowest BCUT2D eigenvalue weighted by molar-refractivity contribution is -0.0229. The van der Waals surface area contributed by atoms with Crippen molar-refractivity contribution in [3.05, 3.63) is 6.20 Å². The molecule has 0 radical (unpaired) electrons. The fourth-order valence-corrected chi connectivity index (χ4v) is 3.40. The molecular formula is C12H23N5O3S. The van der Waals surface area contributed by atoms with Crippen LogP contribution in [0.4, 0.5) is 5.82 Å². The van der Waals surface area contributed by atoms with Crippen LogP contribution in [0, 0.1) is 0 Å². The fourth-order valence-electron chi connectivity index (χ4n) is 2.26. The van der Waals surface area contributed by atoms with E-state index in [1.54, 1.807) is 0 Å². The molecule has 1 aliphatic rings. The Hall–Kier alpha value is -1.16. The number of morpholine rings is 1. The first-order valence-corrected chi connectivity index (χ1v) is 8.61. The molecule has 2 heterocycles. The standard InChI is InChI=1S/C12H23N5O3S/c1-3-16-5-6-20-10(8-16)7-14-21(18,19)11-9-17(4-2)15-12(11)13/h9-10,14H,3-8H2,1-2H3,(H2,13,15). The van der Waals surface area contributed by atoms with Crippen LogP contribution in [0.15, 0.2) is 11.1 Å². The van der Waals surface area contributed by atoms with Gasteiger partial charge in [0.1, 0.15) is 4.90 Å². The summed E-state index contributed by atoms with van der Waals surface area (Å²) in [5.74, 6) is 0.0177. The zero-order valence-corrected chi connectivity index (χ0v) is 13.3. The molecule has 9 heteroatoms. The second-order valence-corrected chi connectivity index (χ2v) is 6.71. The Kier molecular flexibility index (Phi) is 5.20. The Morgan fingerprint density at radius 3 is 2.86 bits per heavy atom. The maximum Gasteiger partial charge on any atom is 0.245 e. The van der Waals surface area contributed by atoms with Gasteiger partial charge >= 0.3 is 0 Å². The van der Waals surface area contributed by atoms with Crippen molar-refractivity contribution in [3.8, 4) is 0 Å². The van der Waals surface area contributed by atoms with Gasteiger partial charge in [0.25, 0.3) is 0 Å². The number of ether oxygens (including phenoxy) is 1. The molecule has 1 atom stereocenters. The highest BCUT2D eigenvalue weighted by Gasteiger charge is 2.25. The number of anilines is 1. The lowest BCUT2D eigenvalue weighted by Crippen LogP contribution is -2.47. The smallest absolute Gasteiger partial charge is 0.245 e. The largest absolute Gasteiger partial charge is 0.381 e. The van der Waals surface area contributed by atoms with Gasteiger partial charge in [0.15, 0.2) is 5.82 Å². The number of nitrogens with zero attached hydrogens (tertiary/aromatic N) is 3. The molecule has 0 spiro atoms. The van der Waals surface area contributed by atoms with E-state index in [1.807, 2.05) is 6.92 Å². The molecule has 1 aromatic rings. The molecule has 8 nitrogen and oxygen atoms in total. The minimum Gasteiger partial charge on any atom is -0.381 e. The van der Waals surface area contributed by atoms with Gasteiger partial charge < -0.3 is 10.5 Å². The van der Waals surface area contributed by atoms with E-state index in [0.29, 0.717) is 13.2 Å². The summed E-state index contributed by atoms with van der Waals surface area (Å²) in [6, 6.07) is 0. The topological polar surface area (TPSA) is 102 Å². The molecule has 0 aromatic carbocycles. The minimum absolute atomic E-state index is 0.0177. The van der Waals surface area contributed by atoms with Crippen molar-refractivity contribution in [1.82, 2.24) is 19.4 Å². The number of nitrogens with one attached hydrogen (secondary N) is 1. The molecule has 2 rings (SSSR count). The van der Waals surface area contributed by atoms with Crippen LogP contribution in [0.5, 0.6) is 0 Å². The molecule has 120 valence electrons. The Balaban J connectivity index is 1.99. The number of nitrogens with two attached hydrogens (primary N) is 1. The number of aromatic nitrogens is 2.